The van der Waals surface area contributed by atoms with E-state index >= 15 is 0 Å². The predicted octanol–water partition coefficient (Wildman–Crippen LogP) is 2.58. The predicted molar refractivity (Wildman–Crippen MR) is 72.9 cm³/mol. The van der Waals surface area contributed by atoms with E-state index in [0.717, 1.165) is 14.3 Å². The van der Waals surface area contributed by atoms with Crippen molar-refractivity contribution in [3.8, 4) is 0 Å². The van der Waals surface area contributed by atoms with E-state index in [0.29, 0.717) is 13.1 Å². The molecule has 2 aromatic heterocycles. The van der Waals surface area contributed by atoms with E-state index in [1.807, 2.05) is 17.5 Å². The molecule has 2 rings (SSSR count). The number of nitrogens with zero attached hydrogens (tertiary/aromatic N) is 1. The Morgan fingerprint density at radius 1 is 1.53 bits per heavy atom. The Morgan fingerprint density at radius 3 is 3.00 bits per heavy atom. The molecule has 0 fully saturated rings. The summed E-state index contributed by atoms with van der Waals surface area (Å²) in [4.78, 5) is 14.5. The molecular formula is C12H13NO2S2. The topological polar surface area (TPSA) is 40.5 Å². The summed E-state index contributed by atoms with van der Waals surface area (Å²) in [5.41, 5.74) is 0. The van der Waals surface area contributed by atoms with Crippen LogP contribution in [0.15, 0.2) is 30.2 Å². The summed E-state index contributed by atoms with van der Waals surface area (Å²) in [6.45, 7) is 4.40. The van der Waals surface area contributed by atoms with E-state index in [1.165, 1.54) is 11.3 Å². The van der Waals surface area contributed by atoms with E-state index in [2.05, 4.69) is 6.58 Å². The first-order valence-electron chi connectivity index (χ1n) is 5.24. The molecule has 90 valence electrons. The van der Waals surface area contributed by atoms with Crippen molar-refractivity contribution in [3.05, 3.63) is 35.0 Å². The van der Waals surface area contributed by atoms with Gasteiger partial charge in [0.15, 0.2) is 0 Å². The molecule has 5 heteroatoms. The van der Waals surface area contributed by atoms with Gasteiger partial charge in [0.05, 0.1) is 11.5 Å². The fraction of sp³-hybridized carbons (Fsp3) is 0.250. The van der Waals surface area contributed by atoms with E-state index in [9.17, 15) is 4.79 Å². The number of hydrogen-bond acceptors (Lipinski definition) is 4. The minimum atomic E-state index is -0.0349. The van der Waals surface area contributed by atoms with Crippen LogP contribution in [0.5, 0.6) is 0 Å². The third-order valence-corrected chi connectivity index (χ3v) is 4.44. The molecule has 1 amide bonds. The van der Waals surface area contributed by atoms with Crippen LogP contribution in [0, 0.1) is 0 Å². The largest absolute Gasteiger partial charge is 0.395 e. The van der Waals surface area contributed by atoms with E-state index < -0.39 is 0 Å². The molecule has 0 aliphatic rings. The summed E-state index contributed by atoms with van der Waals surface area (Å²) in [6.07, 6.45) is 1.67. The lowest BCUT2D eigenvalue weighted by Crippen LogP contribution is -2.33. The molecule has 17 heavy (non-hydrogen) atoms. The Kier molecular flexibility index (Phi) is 3.93. The van der Waals surface area contributed by atoms with Crippen molar-refractivity contribution in [2.24, 2.45) is 0 Å². The van der Waals surface area contributed by atoms with Gasteiger partial charge in [-0.25, -0.2) is 0 Å². The van der Waals surface area contributed by atoms with E-state index in [4.69, 9.17) is 5.11 Å². The molecule has 0 unspecified atom stereocenters. The van der Waals surface area contributed by atoms with Crippen molar-refractivity contribution in [3.63, 3.8) is 0 Å². The molecule has 0 spiro atoms. The van der Waals surface area contributed by atoms with Gasteiger partial charge in [-0.1, -0.05) is 6.08 Å². The summed E-state index contributed by atoms with van der Waals surface area (Å²) in [5, 5.41) is 11.0. The second kappa shape index (κ2) is 5.44. The summed E-state index contributed by atoms with van der Waals surface area (Å²) < 4.78 is 2.28. The zero-order valence-corrected chi connectivity index (χ0v) is 10.9. The molecule has 0 aliphatic carbocycles. The number of carbonyl (C=O) groups excluding carboxylic acids is 1. The highest BCUT2D eigenvalue weighted by Crippen LogP contribution is 2.30. The maximum absolute atomic E-state index is 12.2. The molecule has 2 heterocycles. The molecule has 3 nitrogen and oxygen atoms in total. The fourth-order valence-electron chi connectivity index (χ4n) is 1.58. The zero-order chi connectivity index (χ0) is 12.3. The molecule has 0 saturated heterocycles. The Morgan fingerprint density at radius 2 is 2.35 bits per heavy atom. The molecule has 2 aromatic rings. The van der Waals surface area contributed by atoms with Crippen LogP contribution in [0.4, 0.5) is 0 Å². The van der Waals surface area contributed by atoms with Crippen LogP contribution < -0.4 is 0 Å². The van der Waals surface area contributed by atoms with Crippen LogP contribution in [0.2, 0.25) is 0 Å². The van der Waals surface area contributed by atoms with Gasteiger partial charge in [0.1, 0.15) is 0 Å². The van der Waals surface area contributed by atoms with Crippen molar-refractivity contribution in [2.75, 3.05) is 19.7 Å². The third kappa shape index (κ3) is 2.57. The van der Waals surface area contributed by atoms with Crippen LogP contribution in [0.3, 0.4) is 0 Å². The van der Waals surface area contributed by atoms with Crippen molar-refractivity contribution in [1.82, 2.24) is 4.90 Å². The lowest BCUT2D eigenvalue weighted by molar-refractivity contribution is 0.0748. The highest BCUT2D eigenvalue weighted by molar-refractivity contribution is 7.27. The molecule has 0 aliphatic heterocycles. The van der Waals surface area contributed by atoms with Crippen molar-refractivity contribution in [1.29, 1.82) is 0 Å². The third-order valence-electron chi connectivity index (χ3n) is 2.36. The number of aliphatic hydroxyl groups is 1. The van der Waals surface area contributed by atoms with Crippen LogP contribution in [0.25, 0.3) is 9.40 Å². The second-order valence-electron chi connectivity index (χ2n) is 3.52. The summed E-state index contributed by atoms with van der Waals surface area (Å²) in [5.74, 6) is -0.0349. The van der Waals surface area contributed by atoms with Gasteiger partial charge in [0, 0.05) is 22.5 Å². The van der Waals surface area contributed by atoms with Crippen molar-refractivity contribution >= 4 is 38.0 Å². The first-order chi connectivity index (χ1) is 8.26. The number of thiophene rings is 2. The Bertz CT molecular complexity index is 501. The maximum atomic E-state index is 12.2. The Hall–Kier alpha value is -1.17. The number of fused-ring (bicyclic) bond motifs is 1. The van der Waals surface area contributed by atoms with Crippen LogP contribution in [0.1, 0.15) is 9.67 Å². The van der Waals surface area contributed by atoms with E-state index in [1.54, 1.807) is 22.3 Å². The smallest absolute Gasteiger partial charge is 0.264 e. The summed E-state index contributed by atoms with van der Waals surface area (Å²) in [7, 11) is 0. The minimum Gasteiger partial charge on any atom is -0.395 e. The molecular weight excluding hydrogens is 254 g/mol. The summed E-state index contributed by atoms with van der Waals surface area (Å²) >= 11 is 3.13. The zero-order valence-electron chi connectivity index (χ0n) is 9.26. The number of rotatable bonds is 5. The van der Waals surface area contributed by atoms with Gasteiger partial charge < -0.3 is 10.0 Å². The molecule has 0 saturated carbocycles. The number of aliphatic hydroxyl groups excluding tert-OH is 1. The normalized spacial score (nSPS) is 10.6. The van der Waals surface area contributed by atoms with Gasteiger partial charge >= 0.3 is 0 Å². The van der Waals surface area contributed by atoms with Gasteiger partial charge in [0.25, 0.3) is 5.91 Å². The minimum absolute atomic E-state index is 0.0285. The summed E-state index contributed by atoms with van der Waals surface area (Å²) in [6, 6.07) is 3.94. The van der Waals surface area contributed by atoms with Crippen LogP contribution in [-0.2, 0) is 0 Å². The van der Waals surface area contributed by atoms with Crippen LogP contribution >= 0.6 is 22.7 Å². The first kappa shape index (κ1) is 12.3. The molecule has 0 atom stereocenters. The van der Waals surface area contributed by atoms with Gasteiger partial charge in [-0.2, -0.15) is 0 Å². The monoisotopic (exact) mass is 267 g/mol. The van der Waals surface area contributed by atoms with Crippen molar-refractivity contribution in [2.45, 2.75) is 0 Å². The average Bonchev–Trinajstić information content (AvgIpc) is 2.87. The number of hydrogen-bond donors (Lipinski definition) is 1. The van der Waals surface area contributed by atoms with Crippen molar-refractivity contribution < 1.29 is 9.90 Å². The lowest BCUT2D eigenvalue weighted by Gasteiger charge is -2.18. The highest BCUT2D eigenvalue weighted by atomic mass is 32.1. The maximum Gasteiger partial charge on any atom is 0.264 e. The number of carbonyl (C=O) groups is 1. The van der Waals surface area contributed by atoms with Gasteiger partial charge in [-0.15, -0.1) is 29.3 Å². The standard InChI is InChI=1S/C12H13NO2S2/c1-2-4-13(5-6-14)12(15)11-8-10-9(17-11)3-7-16-10/h2-3,7-8,14H,1,4-6H2. The SMILES string of the molecule is C=CCN(CCO)C(=O)c1cc2sccc2s1. The Labute approximate surface area is 108 Å². The lowest BCUT2D eigenvalue weighted by atomic mass is 10.3. The molecule has 1 N–H and O–H groups in total. The quantitative estimate of drug-likeness (QED) is 0.846. The molecule has 0 aromatic carbocycles. The average molecular weight is 267 g/mol. The first-order valence-corrected chi connectivity index (χ1v) is 6.94. The van der Waals surface area contributed by atoms with Gasteiger partial charge in [-0.05, 0) is 17.5 Å². The van der Waals surface area contributed by atoms with Crippen LogP contribution in [-0.4, -0.2) is 35.6 Å². The van der Waals surface area contributed by atoms with E-state index in [-0.39, 0.29) is 12.5 Å². The number of amides is 1. The second-order valence-corrected chi connectivity index (χ2v) is 5.55. The molecule has 0 bridgehead atoms. The van der Waals surface area contributed by atoms with Gasteiger partial charge in [0.2, 0.25) is 0 Å². The fourth-order valence-corrected chi connectivity index (χ4v) is 3.66. The van der Waals surface area contributed by atoms with Gasteiger partial charge in [-0.3, -0.25) is 4.79 Å². The highest BCUT2D eigenvalue weighted by Gasteiger charge is 2.17. The molecule has 0 radical (unpaired) electrons. The Balaban J connectivity index is 2.22.